The van der Waals surface area contributed by atoms with Crippen molar-refractivity contribution in [3.63, 3.8) is 0 Å². The third-order valence-corrected chi connectivity index (χ3v) is 4.91. The van der Waals surface area contributed by atoms with Gasteiger partial charge in [-0.25, -0.2) is 5.43 Å². The molecule has 0 spiro atoms. The van der Waals surface area contributed by atoms with Crippen LogP contribution in [0, 0.1) is 0 Å². The molecule has 6 nitrogen and oxygen atoms in total. The molecule has 1 aromatic carbocycles. The van der Waals surface area contributed by atoms with Crippen molar-refractivity contribution in [3.8, 4) is 0 Å². The Morgan fingerprint density at radius 2 is 2.12 bits per heavy atom. The van der Waals surface area contributed by atoms with E-state index in [4.69, 9.17) is 0 Å². The lowest BCUT2D eigenvalue weighted by Gasteiger charge is -2.18. The van der Waals surface area contributed by atoms with Crippen molar-refractivity contribution in [1.82, 2.24) is 10.4 Å². The maximum atomic E-state index is 12.3. The molecule has 0 bridgehead atoms. The van der Waals surface area contributed by atoms with Crippen LogP contribution in [0.5, 0.6) is 0 Å². The summed E-state index contributed by atoms with van der Waals surface area (Å²) in [5.41, 5.74) is 7.20. The molecule has 2 amide bonds. The summed E-state index contributed by atoms with van der Waals surface area (Å²) in [5.74, 6) is -0.141. The Bertz CT molecular complexity index is 937. The van der Waals surface area contributed by atoms with Crippen LogP contribution < -0.4 is 10.7 Å². The molecule has 1 unspecified atom stereocenters. The zero-order valence-electron chi connectivity index (χ0n) is 13.3. The lowest BCUT2D eigenvalue weighted by atomic mass is 9.99. The van der Waals surface area contributed by atoms with Gasteiger partial charge in [-0.1, -0.05) is 23.9 Å². The fraction of sp³-hybridized carbons (Fsp3) is 0.111. The van der Waals surface area contributed by atoms with Gasteiger partial charge in [-0.2, -0.15) is 5.10 Å². The molecule has 1 aromatic heterocycles. The number of nitrogens with zero attached hydrogens (tertiary/aromatic N) is 2. The van der Waals surface area contributed by atoms with E-state index in [0.29, 0.717) is 5.57 Å². The minimum absolute atomic E-state index is 0.0531. The van der Waals surface area contributed by atoms with Crippen LogP contribution in [0.4, 0.5) is 10.5 Å². The topological polar surface area (TPSA) is 83.5 Å². The molecule has 0 saturated carbocycles. The molecule has 1 atom stereocenters. The van der Waals surface area contributed by atoms with Gasteiger partial charge in [0.05, 0.1) is 11.0 Å². The lowest BCUT2D eigenvalue weighted by molar-refractivity contribution is -0.110. The smallest absolute Gasteiger partial charge is 0.299 e. The fourth-order valence-corrected chi connectivity index (χ4v) is 3.58. The summed E-state index contributed by atoms with van der Waals surface area (Å²) in [4.78, 5) is 27.8. The third-order valence-electron chi connectivity index (χ3n) is 4.03. The predicted molar refractivity (Wildman–Crippen MR) is 99.3 cm³/mol. The van der Waals surface area contributed by atoms with Crippen LogP contribution in [0.15, 0.2) is 47.8 Å². The summed E-state index contributed by atoms with van der Waals surface area (Å²) < 4.78 is 0. The Morgan fingerprint density at radius 3 is 2.88 bits per heavy atom. The molecule has 2 aliphatic heterocycles. The molecule has 0 aliphatic carbocycles. The Morgan fingerprint density at radius 1 is 1.24 bits per heavy atom. The standard InChI is InChI=1S/C18H14N4O2S/c1-10-16(21-22-18(24)25-10)12-4-5-15-13(8-12)14(17(23)20-15)7-11-3-2-6-19-9-11/h2-10H,1H3,(H,20,23)(H,22,24)/b14-7-. The largest absolute Gasteiger partial charge is 0.321 e. The van der Waals surface area contributed by atoms with Gasteiger partial charge in [0.15, 0.2) is 0 Å². The van der Waals surface area contributed by atoms with Crippen molar-refractivity contribution >= 4 is 46.0 Å². The average Bonchev–Trinajstić information content (AvgIpc) is 2.91. The number of fused-ring (bicyclic) bond motifs is 1. The highest BCUT2D eigenvalue weighted by Crippen LogP contribution is 2.35. The van der Waals surface area contributed by atoms with E-state index in [9.17, 15) is 9.59 Å². The predicted octanol–water partition coefficient (Wildman–Crippen LogP) is 3.12. The summed E-state index contributed by atoms with van der Waals surface area (Å²) in [6.45, 7) is 1.94. The number of amides is 2. The normalized spacial score (nSPS) is 20.8. The van der Waals surface area contributed by atoms with Gasteiger partial charge >= 0.3 is 0 Å². The van der Waals surface area contributed by atoms with Gasteiger partial charge in [0.2, 0.25) is 0 Å². The van der Waals surface area contributed by atoms with Crippen LogP contribution in [0.2, 0.25) is 0 Å². The molecule has 3 heterocycles. The molecule has 2 N–H and O–H groups in total. The van der Waals surface area contributed by atoms with Gasteiger partial charge in [-0.05, 0) is 42.3 Å². The highest BCUT2D eigenvalue weighted by molar-refractivity contribution is 8.14. The minimum atomic E-state index is -0.161. The number of thioether (sulfide) groups is 1. The van der Waals surface area contributed by atoms with E-state index in [-0.39, 0.29) is 16.4 Å². The van der Waals surface area contributed by atoms with Gasteiger partial charge in [0.1, 0.15) is 0 Å². The van der Waals surface area contributed by atoms with Gasteiger partial charge in [0, 0.05) is 29.2 Å². The Kier molecular flexibility index (Phi) is 3.85. The molecule has 4 rings (SSSR count). The molecule has 2 aliphatic rings. The lowest BCUT2D eigenvalue weighted by Crippen LogP contribution is -2.29. The van der Waals surface area contributed by atoms with E-state index in [0.717, 1.165) is 28.1 Å². The summed E-state index contributed by atoms with van der Waals surface area (Å²) >= 11 is 1.20. The first-order chi connectivity index (χ1) is 12.1. The van der Waals surface area contributed by atoms with Gasteiger partial charge in [-0.3, -0.25) is 14.6 Å². The zero-order chi connectivity index (χ0) is 17.4. The molecule has 25 heavy (non-hydrogen) atoms. The number of anilines is 1. The molecule has 0 radical (unpaired) electrons. The summed E-state index contributed by atoms with van der Waals surface area (Å²) in [6.07, 6.45) is 5.22. The van der Waals surface area contributed by atoms with E-state index >= 15 is 0 Å². The highest BCUT2D eigenvalue weighted by atomic mass is 32.2. The van der Waals surface area contributed by atoms with Crippen LogP contribution in [0.1, 0.15) is 23.6 Å². The number of nitrogens with one attached hydrogen (secondary N) is 2. The second-order valence-electron chi connectivity index (χ2n) is 5.72. The van der Waals surface area contributed by atoms with E-state index in [2.05, 4.69) is 20.8 Å². The van der Waals surface area contributed by atoms with E-state index in [1.165, 1.54) is 11.8 Å². The van der Waals surface area contributed by atoms with Crippen LogP contribution in [-0.2, 0) is 4.79 Å². The maximum Gasteiger partial charge on any atom is 0.299 e. The molecular weight excluding hydrogens is 336 g/mol. The van der Waals surface area contributed by atoms with Crippen molar-refractivity contribution in [2.24, 2.45) is 5.10 Å². The quantitative estimate of drug-likeness (QED) is 0.815. The monoisotopic (exact) mass is 350 g/mol. The molecule has 0 fully saturated rings. The molecule has 0 saturated heterocycles. The fourth-order valence-electron chi connectivity index (χ4n) is 2.86. The molecule has 2 aromatic rings. The third kappa shape index (κ3) is 2.94. The first kappa shape index (κ1) is 15.6. The number of hydrogen-bond acceptors (Lipinski definition) is 5. The van der Waals surface area contributed by atoms with Crippen LogP contribution in [-0.4, -0.2) is 27.1 Å². The van der Waals surface area contributed by atoms with Crippen molar-refractivity contribution < 1.29 is 9.59 Å². The average molecular weight is 350 g/mol. The summed E-state index contributed by atoms with van der Waals surface area (Å²) in [7, 11) is 0. The molecule has 124 valence electrons. The second kappa shape index (κ2) is 6.18. The van der Waals surface area contributed by atoms with Crippen molar-refractivity contribution in [2.45, 2.75) is 12.2 Å². The number of carbonyl (C=O) groups is 2. The van der Waals surface area contributed by atoms with Gasteiger partial charge < -0.3 is 5.32 Å². The van der Waals surface area contributed by atoms with E-state index in [1.807, 2.05) is 43.3 Å². The van der Waals surface area contributed by atoms with Gasteiger partial charge in [-0.15, -0.1) is 0 Å². The Hall–Kier alpha value is -2.93. The minimum Gasteiger partial charge on any atom is -0.321 e. The van der Waals surface area contributed by atoms with Crippen molar-refractivity contribution in [2.75, 3.05) is 5.32 Å². The second-order valence-corrected chi connectivity index (χ2v) is 7.03. The van der Waals surface area contributed by atoms with E-state index < -0.39 is 0 Å². The van der Waals surface area contributed by atoms with Crippen LogP contribution in [0.3, 0.4) is 0 Å². The van der Waals surface area contributed by atoms with E-state index in [1.54, 1.807) is 12.4 Å². The zero-order valence-corrected chi connectivity index (χ0v) is 14.1. The Balaban J connectivity index is 1.76. The molecular formula is C18H14N4O2S. The van der Waals surface area contributed by atoms with Gasteiger partial charge in [0.25, 0.3) is 11.1 Å². The number of benzene rings is 1. The van der Waals surface area contributed by atoms with Crippen LogP contribution in [0.25, 0.3) is 11.6 Å². The number of hydrazone groups is 1. The first-order valence-electron chi connectivity index (χ1n) is 7.74. The first-order valence-corrected chi connectivity index (χ1v) is 8.62. The summed E-state index contributed by atoms with van der Waals surface area (Å²) in [6, 6.07) is 9.43. The maximum absolute atomic E-state index is 12.3. The number of aromatic nitrogens is 1. The number of pyridine rings is 1. The van der Waals surface area contributed by atoms with Crippen LogP contribution >= 0.6 is 11.8 Å². The number of rotatable bonds is 2. The van der Waals surface area contributed by atoms with Crippen molar-refractivity contribution in [1.29, 1.82) is 0 Å². The molecule has 7 heteroatoms. The highest BCUT2D eigenvalue weighted by Gasteiger charge is 2.27. The SMILES string of the molecule is CC1SC(=O)NN=C1c1ccc2c(c1)/C(=C/c1cccnc1)C(=O)N2. The number of carbonyl (C=O) groups excluding carboxylic acids is 2. The summed E-state index contributed by atoms with van der Waals surface area (Å²) in [5, 5.41) is 6.84. The Labute approximate surface area is 148 Å². The van der Waals surface area contributed by atoms with Crippen molar-refractivity contribution in [3.05, 3.63) is 59.4 Å². The number of hydrogen-bond donors (Lipinski definition) is 2.